The van der Waals surface area contributed by atoms with Gasteiger partial charge in [0.15, 0.2) is 11.0 Å². The summed E-state index contributed by atoms with van der Waals surface area (Å²) < 4.78 is 7.65. The number of para-hydroxylation sites is 1. The molecule has 0 atom stereocenters. The minimum absolute atomic E-state index is 0.376. The average Bonchev–Trinajstić information content (AvgIpc) is 2.95. The Balaban J connectivity index is 1.61. The maximum atomic E-state index is 6.04. The van der Waals surface area contributed by atoms with Crippen LogP contribution in [0.3, 0.4) is 0 Å². The lowest BCUT2D eigenvalue weighted by molar-refractivity contribution is 0.290. The molecule has 1 aromatic heterocycles. The number of aromatic nitrogens is 3. The molecule has 3 rings (SSSR count). The second-order valence-electron chi connectivity index (χ2n) is 5.10. The van der Waals surface area contributed by atoms with Crippen molar-refractivity contribution >= 4 is 35.0 Å². The summed E-state index contributed by atoms with van der Waals surface area (Å²) in [5, 5.41) is 10.4. The second-order valence-corrected chi connectivity index (χ2v) is 6.85. The van der Waals surface area contributed by atoms with E-state index < -0.39 is 0 Å². The highest BCUT2D eigenvalue weighted by molar-refractivity contribution is 7.98. The number of hydrogen-bond acceptors (Lipinski definition) is 4. The Kier molecular flexibility index (Phi) is 5.66. The monoisotopic (exact) mass is 379 g/mol. The number of rotatable bonds is 6. The minimum Gasteiger partial charge on any atom is -0.486 e. The predicted octanol–water partition coefficient (Wildman–Crippen LogP) is 4.99. The Morgan fingerprint density at radius 2 is 1.83 bits per heavy atom. The van der Waals surface area contributed by atoms with Crippen LogP contribution in [0.1, 0.15) is 11.4 Å². The van der Waals surface area contributed by atoms with Gasteiger partial charge in [0.05, 0.1) is 10.0 Å². The molecule has 24 heavy (non-hydrogen) atoms. The molecule has 0 aliphatic carbocycles. The molecule has 0 amide bonds. The topological polar surface area (TPSA) is 39.9 Å². The molecule has 0 saturated heterocycles. The molecule has 0 radical (unpaired) electrons. The Bertz CT molecular complexity index is 824. The van der Waals surface area contributed by atoms with E-state index in [1.807, 2.05) is 54.1 Å². The van der Waals surface area contributed by atoms with Crippen molar-refractivity contribution in [1.29, 1.82) is 0 Å². The molecule has 0 aliphatic rings. The molecule has 4 nitrogen and oxygen atoms in total. The van der Waals surface area contributed by atoms with E-state index in [-0.39, 0.29) is 0 Å². The molecule has 0 N–H and O–H groups in total. The van der Waals surface area contributed by atoms with Crippen molar-refractivity contribution in [3.8, 4) is 5.75 Å². The first kappa shape index (κ1) is 17.1. The number of ether oxygens (including phenoxy) is 1. The maximum Gasteiger partial charge on any atom is 0.191 e. The van der Waals surface area contributed by atoms with Crippen LogP contribution < -0.4 is 4.74 Å². The SMILES string of the molecule is Cn1c(COc2ccccc2)nnc1SCc1ccc(Cl)c(Cl)c1. The van der Waals surface area contributed by atoms with Gasteiger partial charge in [0.2, 0.25) is 0 Å². The van der Waals surface area contributed by atoms with Gasteiger partial charge in [-0.1, -0.05) is 59.2 Å². The fourth-order valence-electron chi connectivity index (χ4n) is 2.04. The molecule has 0 aliphatic heterocycles. The van der Waals surface area contributed by atoms with Gasteiger partial charge in [0, 0.05) is 12.8 Å². The lowest BCUT2D eigenvalue weighted by Crippen LogP contribution is -2.04. The third kappa shape index (κ3) is 4.23. The van der Waals surface area contributed by atoms with E-state index in [4.69, 9.17) is 27.9 Å². The molecule has 124 valence electrons. The van der Waals surface area contributed by atoms with Crippen LogP contribution in [0.4, 0.5) is 0 Å². The van der Waals surface area contributed by atoms with Crippen LogP contribution >= 0.6 is 35.0 Å². The summed E-state index contributed by atoms with van der Waals surface area (Å²) in [5.41, 5.74) is 1.08. The standard InChI is InChI=1S/C17H15Cl2N3OS/c1-22-16(10-23-13-5-3-2-4-6-13)20-21-17(22)24-11-12-7-8-14(18)15(19)9-12/h2-9H,10-11H2,1H3. The van der Waals surface area contributed by atoms with Crippen LogP contribution in [0.5, 0.6) is 5.75 Å². The highest BCUT2D eigenvalue weighted by Crippen LogP contribution is 2.27. The average molecular weight is 380 g/mol. The minimum atomic E-state index is 0.376. The van der Waals surface area contributed by atoms with Crippen molar-refractivity contribution in [2.24, 2.45) is 7.05 Å². The number of benzene rings is 2. The van der Waals surface area contributed by atoms with Gasteiger partial charge in [-0.25, -0.2) is 0 Å². The van der Waals surface area contributed by atoms with Crippen LogP contribution in [0.25, 0.3) is 0 Å². The van der Waals surface area contributed by atoms with E-state index in [0.717, 1.165) is 28.0 Å². The van der Waals surface area contributed by atoms with E-state index in [1.54, 1.807) is 17.8 Å². The molecule has 0 saturated carbocycles. The zero-order valence-electron chi connectivity index (χ0n) is 12.9. The van der Waals surface area contributed by atoms with E-state index in [9.17, 15) is 0 Å². The Hall–Kier alpha value is -1.69. The maximum absolute atomic E-state index is 6.04. The quantitative estimate of drug-likeness (QED) is 0.565. The van der Waals surface area contributed by atoms with Gasteiger partial charge in [-0.2, -0.15) is 0 Å². The summed E-state index contributed by atoms with van der Waals surface area (Å²) in [7, 11) is 1.93. The predicted molar refractivity (Wildman–Crippen MR) is 97.8 cm³/mol. The van der Waals surface area contributed by atoms with Crippen molar-refractivity contribution in [3.05, 3.63) is 70.0 Å². The first-order chi connectivity index (χ1) is 11.6. The van der Waals surface area contributed by atoms with Gasteiger partial charge in [-0.05, 0) is 29.8 Å². The summed E-state index contributed by atoms with van der Waals surface area (Å²) >= 11 is 13.6. The van der Waals surface area contributed by atoms with Crippen molar-refractivity contribution < 1.29 is 4.74 Å². The Labute approximate surface area is 154 Å². The number of nitrogens with zero attached hydrogens (tertiary/aromatic N) is 3. The van der Waals surface area contributed by atoms with Gasteiger partial charge in [-0.3, -0.25) is 0 Å². The zero-order valence-corrected chi connectivity index (χ0v) is 15.3. The first-order valence-electron chi connectivity index (χ1n) is 7.26. The van der Waals surface area contributed by atoms with Crippen LogP contribution in [0, 0.1) is 0 Å². The summed E-state index contributed by atoms with van der Waals surface area (Å²) in [4.78, 5) is 0. The lowest BCUT2D eigenvalue weighted by atomic mass is 10.2. The van der Waals surface area contributed by atoms with Crippen molar-refractivity contribution in [3.63, 3.8) is 0 Å². The highest BCUT2D eigenvalue weighted by atomic mass is 35.5. The van der Waals surface area contributed by atoms with Crippen molar-refractivity contribution in [1.82, 2.24) is 14.8 Å². The first-order valence-corrected chi connectivity index (χ1v) is 9.00. The molecule has 0 unspecified atom stereocenters. The number of hydrogen-bond donors (Lipinski definition) is 0. The molecular formula is C17H15Cl2N3OS. The summed E-state index contributed by atoms with van der Waals surface area (Å²) in [5.74, 6) is 2.32. The molecule has 1 heterocycles. The summed E-state index contributed by atoms with van der Waals surface area (Å²) in [6.45, 7) is 0.376. The van der Waals surface area contributed by atoms with E-state index in [2.05, 4.69) is 10.2 Å². The molecule has 7 heteroatoms. The van der Waals surface area contributed by atoms with E-state index in [1.165, 1.54) is 0 Å². The van der Waals surface area contributed by atoms with Crippen LogP contribution in [0.15, 0.2) is 53.7 Å². The Morgan fingerprint density at radius 1 is 1.04 bits per heavy atom. The summed E-state index contributed by atoms with van der Waals surface area (Å²) in [6.07, 6.45) is 0. The van der Waals surface area contributed by atoms with Gasteiger partial charge in [-0.15, -0.1) is 10.2 Å². The molecule has 0 spiro atoms. The molecule has 3 aromatic rings. The largest absolute Gasteiger partial charge is 0.486 e. The fraction of sp³-hybridized carbons (Fsp3) is 0.176. The summed E-state index contributed by atoms with van der Waals surface area (Å²) in [6, 6.07) is 15.3. The number of halogens is 2. The molecule has 2 aromatic carbocycles. The third-order valence-electron chi connectivity index (χ3n) is 3.39. The van der Waals surface area contributed by atoms with Gasteiger partial charge in [0.1, 0.15) is 12.4 Å². The molecular weight excluding hydrogens is 365 g/mol. The lowest BCUT2D eigenvalue weighted by Gasteiger charge is -2.06. The van der Waals surface area contributed by atoms with Crippen LogP contribution in [-0.4, -0.2) is 14.8 Å². The Morgan fingerprint density at radius 3 is 2.58 bits per heavy atom. The van der Waals surface area contributed by atoms with Gasteiger partial charge >= 0.3 is 0 Å². The van der Waals surface area contributed by atoms with Gasteiger partial charge < -0.3 is 9.30 Å². The molecule has 0 fully saturated rings. The second kappa shape index (κ2) is 7.92. The molecule has 0 bridgehead atoms. The fourth-order valence-corrected chi connectivity index (χ4v) is 3.23. The van der Waals surface area contributed by atoms with Crippen LogP contribution in [-0.2, 0) is 19.4 Å². The normalized spacial score (nSPS) is 10.8. The van der Waals surface area contributed by atoms with Crippen LogP contribution in [0.2, 0.25) is 10.0 Å². The smallest absolute Gasteiger partial charge is 0.191 e. The van der Waals surface area contributed by atoms with E-state index >= 15 is 0 Å². The van der Waals surface area contributed by atoms with E-state index in [0.29, 0.717) is 16.7 Å². The zero-order chi connectivity index (χ0) is 16.9. The van der Waals surface area contributed by atoms with Crippen molar-refractivity contribution in [2.75, 3.05) is 0 Å². The highest BCUT2D eigenvalue weighted by Gasteiger charge is 2.10. The van der Waals surface area contributed by atoms with Crippen molar-refractivity contribution in [2.45, 2.75) is 17.5 Å². The van der Waals surface area contributed by atoms with Gasteiger partial charge in [0.25, 0.3) is 0 Å². The number of thioether (sulfide) groups is 1. The third-order valence-corrected chi connectivity index (χ3v) is 5.22.